The molecule has 1 aliphatic rings. The Morgan fingerprint density at radius 3 is 2.80 bits per heavy atom. The Morgan fingerprint density at radius 1 is 1.32 bits per heavy atom. The average molecular weight is 345 g/mol. The molecular formula is C16H23N7O2. The van der Waals surface area contributed by atoms with Crippen LogP contribution in [0.3, 0.4) is 0 Å². The van der Waals surface area contributed by atoms with Crippen LogP contribution in [-0.4, -0.2) is 39.6 Å². The van der Waals surface area contributed by atoms with Crippen LogP contribution in [0, 0.1) is 0 Å². The summed E-state index contributed by atoms with van der Waals surface area (Å²) in [6, 6.07) is 3.47. The number of aromatic amines is 1. The van der Waals surface area contributed by atoms with Crippen molar-refractivity contribution in [2.45, 2.75) is 37.8 Å². The zero-order valence-electron chi connectivity index (χ0n) is 14.2. The highest BCUT2D eigenvalue weighted by atomic mass is 16.5. The minimum absolute atomic E-state index is 0.215. The molecule has 0 amide bonds. The smallest absolute Gasteiger partial charge is 0.252 e. The van der Waals surface area contributed by atoms with Gasteiger partial charge in [0.1, 0.15) is 24.1 Å². The number of nitrogens with zero attached hydrogens (tertiary/aromatic N) is 3. The lowest BCUT2D eigenvalue weighted by Crippen LogP contribution is -2.35. The summed E-state index contributed by atoms with van der Waals surface area (Å²) in [6.45, 7) is 0.908. The highest BCUT2D eigenvalue weighted by Crippen LogP contribution is 2.35. The van der Waals surface area contributed by atoms with Crippen molar-refractivity contribution in [3.8, 4) is 0 Å². The van der Waals surface area contributed by atoms with Gasteiger partial charge in [-0.05, 0) is 12.8 Å². The molecule has 0 atom stereocenters. The fourth-order valence-corrected chi connectivity index (χ4v) is 2.87. The molecule has 2 aromatic heterocycles. The molecular weight excluding hydrogens is 322 g/mol. The van der Waals surface area contributed by atoms with E-state index in [1.807, 2.05) is 6.07 Å². The number of ether oxygens (including phenoxy) is 1. The predicted molar refractivity (Wildman–Crippen MR) is 94.2 cm³/mol. The number of rotatable bonds is 7. The number of nitrogen functional groups attached to an aromatic ring is 1. The molecule has 9 heteroatoms. The number of nitrogens with one attached hydrogen (secondary N) is 2. The largest absolute Gasteiger partial charge is 0.383 e. The van der Waals surface area contributed by atoms with Crippen molar-refractivity contribution in [3.05, 3.63) is 39.8 Å². The van der Waals surface area contributed by atoms with Crippen LogP contribution in [0.2, 0.25) is 0 Å². The van der Waals surface area contributed by atoms with Crippen molar-refractivity contribution in [1.29, 1.82) is 0 Å². The number of nitrogens with two attached hydrogens (primary N) is 2. The van der Waals surface area contributed by atoms with Gasteiger partial charge in [-0.25, -0.2) is 15.0 Å². The second kappa shape index (κ2) is 7.58. The summed E-state index contributed by atoms with van der Waals surface area (Å²) in [6.07, 6.45) is 2.40. The van der Waals surface area contributed by atoms with Crippen LogP contribution >= 0.6 is 0 Å². The van der Waals surface area contributed by atoms with Crippen molar-refractivity contribution in [2.75, 3.05) is 24.7 Å². The molecule has 2 heterocycles. The van der Waals surface area contributed by atoms with Crippen LogP contribution in [0.4, 0.5) is 11.6 Å². The van der Waals surface area contributed by atoms with Crippen molar-refractivity contribution in [3.63, 3.8) is 0 Å². The van der Waals surface area contributed by atoms with E-state index in [1.165, 1.54) is 6.07 Å². The Labute approximate surface area is 145 Å². The summed E-state index contributed by atoms with van der Waals surface area (Å²) in [4.78, 5) is 27.2. The molecule has 0 spiro atoms. The Balaban J connectivity index is 1.67. The Morgan fingerprint density at radius 2 is 2.12 bits per heavy atom. The van der Waals surface area contributed by atoms with Gasteiger partial charge in [0, 0.05) is 49.9 Å². The SMILES string of the molecule is COCc1nc(NCCc2nc(N)cc(=O)[nH]2)cc(C2CC(N)C2)n1. The van der Waals surface area contributed by atoms with Gasteiger partial charge in [-0.3, -0.25) is 4.79 Å². The van der Waals surface area contributed by atoms with Gasteiger partial charge in [0.15, 0.2) is 5.82 Å². The summed E-state index contributed by atoms with van der Waals surface area (Å²) in [5, 5.41) is 3.24. The Bertz CT molecular complexity index is 786. The van der Waals surface area contributed by atoms with Gasteiger partial charge in [0.2, 0.25) is 0 Å². The first-order valence-electron chi connectivity index (χ1n) is 8.25. The molecule has 3 rings (SSSR count). The normalized spacial score (nSPS) is 19.4. The maximum atomic E-state index is 11.4. The third-order valence-electron chi connectivity index (χ3n) is 4.14. The second-order valence-electron chi connectivity index (χ2n) is 6.25. The van der Waals surface area contributed by atoms with Crippen LogP contribution in [0.25, 0.3) is 0 Å². The number of hydrogen-bond acceptors (Lipinski definition) is 8. The number of hydrogen-bond donors (Lipinski definition) is 4. The van der Waals surface area contributed by atoms with Gasteiger partial charge in [0.25, 0.3) is 5.56 Å². The Hall–Kier alpha value is -2.52. The molecule has 1 aliphatic carbocycles. The first-order chi connectivity index (χ1) is 12.0. The maximum Gasteiger partial charge on any atom is 0.252 e. The molecule has 0 aliphatic heterocycles. The van der Waals surface area contributed by atoms with Crippen LogP contribution in [-0.2, 0) is 17.8 Å². The molecule has 1 fully saturated rings. The predicted octanol–water partition coefficient (Wildman–Crippen LogP) is 0.148. The zero-order valence-corrected chi connectivity index (χ0v) is 14.2. The van der Waals surface area contributed by atoms with Crippen molar-refractivity contribution in [1.82, 2.24) is 19.9 Å². The fourth-order valence-electron chi connectivity index (χ4n) is 2.87. The van der Waals surface area contributed by atoms with E-state index in [9.17, 15) is 4.79 Å². The summed E-state index contributed by atoms with van der Waals surface area (Å²) >= 11 is 0. The number of anilines is 2. The van der Waals surface area contributed by atoms with E-state index >= 15 is 0 Å². The van der Waals surface area contributed by atoms with Crippen molar-refractivity contribution >= 4 is 11.6 Å². The first kappa shape index (κ1) is 17.3. The molecule has 0 unspecified atom stereocenters. The van der Waals surface area contributed by atoms with Gasteiger partial charge in [0.05, 0.1) is 0 Å². The molecule has 2 aromatic rings. The van der Waals surface area contributed by atoms with E-state index in [1.54, 1.807) is 7.11 Å². The molecule has 1 saturated carbocycles. The van der Waals surface area contributed by atoms with E-state index in [0.29, 0.717) is 37.1 Å². The first-order valence-corrected chi connectivity index (χ1v) is 8.25. The van der Waals surface area contributed by atoms with Gasteiger partial charge in [-0.15, -0.1) is 0 Å². The molecule has 0 radical (unpaired) electrons. The summed E-state index contributed by atoms with van der Waals surface area (Å²) in [5.74, 6) is 2.49. The van der Waals surface area contributed by atoms with Crippen molar-refractivity contribution in [2.24, 2.45) is 5.73 Å². The minimum Gasteiger partial charge on any atom is -0.383 e. The van der Waals surface area contributed by atoms with Gasteiger partial charge < -0.3 is 26.5 Å². The highest BCUT2D eigenvalue weighted by molar-refractivity contribution is 5.38. The minimum atomic E-state index is -0.254. The number of methoxy groups -OCH3 is 1. The number of H-pyrrole nitrogens is 1. The number of aromatic nitrogens is 4. The molecule has 134 valence electrons. The summed E-state index contributed by atoms with van der Waals surface area (Å²) in [5.41, 5.74) is 12.2. The monoisotopic (exact) mass is 345 g/mol. The van der Waals surface area contributed by atoms with Gasteiger partial charge in [-0.1, -0.05) is 0 Å². The fraction of sp³-hybridized carbons (Fsp3) is 0.500. The lowest BCUT2D eigenvalue weighted by Gasteiger charge is -2.32. The Kier molecular flexibility index (Phi) is 5.25. The molecule has 0 aromatic carbocycles. The molecule has 6 N–H and O–H groups in total. The molecule has 0 saturated heterocycles. The third kappa shape index (κ3) is 4.52. The molecule has 9 nitrogen and oxygen atoms in total. The zero-order chi connectivity index (χ0) is 17.8. The topological polar surface area (TPSA) is 145 Å². The van der Waals surface area contributed by atoms with E-state index in [2.05, 4.69) is 25.3 Å². The lowest BCUT2D eigenvalue weighted by atomic mass is 9.78. The lowest BCUT2D eigenvalue weighted by molar-refractivity contribution is 0.177. The second-order valence-corrected chi connectivity index (χ2v) is 6.25. The highest BCUT2D eigenvalue weighted by Gasteiger charge is 2.29. The van der Waals surface area contributed by atoms with E-state index in [-0.39, 0.29) is 17.4 Å². The summed E-state index contributed by atoms with van der Waals surface area (Å²) in [7, 11) is 1.62. The van der Waals surface area contributed by atoms with E-state index in [0.717, 1.165) is 24.4 Å². The van der Waals surface area contributed by atoms with Crippen LogP contribution < -0.4 is 22.3 Å². The van der Waals surface area contributed by atoms with Gasteiger partial charge >= 0.3 is 0 Å². The maximum absolute atomic E-state index is 11.4. The van der Waals surface area contributed by atoms with Crippen LogP contribution in [0.15, 0.2) is 16.9 Å². The molecule has 25 heavy (non-hydrogen) atoms. The van der Waals surface area contributed by atoms with Crippen LogP contribution in [0.1, 0.15) is 36.1 Å². The average Bonchev–Trinajstić information content (AvgIpc) is 2.51. The third-order valence-corrected chi connectivity index (χ3v) is 4.14. The standard InChI is InChI=1S/C16H23N7O2/c1-25-8-15-20-11(9-4-10(17)5-9)6-14(22-15)19-3-2-13-21-12(18)7-16(24)23-13/h6-7,9-10H,2-5,8,17H2,1H3,(H,19,20,22)(H3,18,21,23,24). The summed E-state index contributed by atoms with van der Waals surface area (Å²) < 4.78 is 5.15. The quantitative estimate of drug-likeness (QED) is 0.555. The van der Waals surface area contributed by atoms with Gasteiger partial charge in [-0.2, -0.15) is 0 Å². The van der Waals surface area contributed by atoms with E-state index in [4.69, 9.17) is 16.2 Å². The van der Waals surface area contributed by atoms with Crippen molar-refractivity contribution < 1.29 is 4.74 Å². The van der Waals surface area contributed by atoms with Crippen LogP contribution in [0.5, 0.6) is 0 Å². The molecule has 0 bridgehead atoms. The van der Waals surface area contributed by atoms with E-state index < -0.39 is 0 Å².